The maximum absolute atomic E-state index is 13.3. The number of thioether (sulfide) groups is 1. The van der Waals surface area contributed by atoms with Crippen LogP contribution in [0.4, 0.5) is 0 Å². The summed E-state index contributed by atoms with van der Waals surface area (Å²) in [4.78, 5) is 13.3. The monoisotopic (exact) mass is 484 g/mol. The fourth-order valence-electron chi connectivity index (χ4n) is 3.82. The van der Waals surface area contributed by atoms with Crippen LogP contribution in [0, 0.1) is 0 Å². The smallest absolute Gasteiger partial charge is 0.234 e. The fourth-order valence-corrected chi connectivity index (χ4v) is 4.69. The molecule has 1 heterocycles. The molecule has 0 aliphatic heterocycles. The Balaban J connectivity index is 1.57. The maximum atomic E-state index is 13.3. The molecule has 4 aromatic rings. The number of benzene rings is 3. The molecule has 35 heavy (non-hydrogen) atoms. The van der Waals surface area contributed by atoms with Gasteiger partial charge in [0.05, 0.1) is 24.0 Å². The summed E-state index contributed by atoms with van der Waals surface area (Å²) >= 11 is 1.37. The lowest BCUT2D eigenvalue weighted by molar-refractivity contribution is -0.120. The maximum Gasteiger partial charge on any atom is 0.234 e. The summed E-state index contributed by atoms with van der Waals surface area (Å²) in [6.07, 6.45) is 1.79. The third-order valence-electron chi connectivity index (χ3n) is 5.58. The zero-order valence-electron chi connectivity index (χ0n) is 19.8. The predicted molar refractivity (Wildman–Crippen MR) is 140 cm³/mol. The highest BCUT2D eigenvalue weighted by molar-refractivity contribution is 8.00. The number of para-hydroxylation sites is 1. The first-order chi connectivity index (χ1) is 17.1. The number of rotatable bonds is 10. The van der Waals surface area contributed by atoms with Gasteiger partial charge in [0.25, 0.3) is 0 Å². The average Bonchev–Trinajstić information content (AvgIpc) is 3.30. The van der Waals surface area contributed by atoms with Crippen LogP contribution in [0.15, 0.2) is 103 Å². The number of hydrogen-bond donors (Lipinski definition) is 1. The normalized spacial score (nSPS) is 11.7. The van der Waals surface area contributed by atoms with Crippen molar-refractivity contribution in [1.82, 2.24) is 20.1 Å². The van der Waals surface area contributed by atoms with Crippen LogP contribution in [0.1, 0.15) is 24.1 Å². The number of nitrogens with one attached hydrogen (secondary N) is 1. The Kier molecular flexibility index (Phi) is 8.00. The molecule has 0 fully saturated rings. The van der Waals surface area contributed by atoms with Crippen LogP contribution in [0.5, 0.6) is 5.75 Å². The van der Waals surface area contributed by atoms with Gasteiger partial charge >= 0.3 is 0 Å². The van der Waals surface area contributed by atoms with Crippen molar-refractivity contribution in [3.8, 4) is 17.1 Å². The second kappa shape index (κ2) is 11.5. The van der Waals surface area contributed by atoms with E-state index >= 15 is 0 Å². The minimum atomic E-state index is -0.400. The fraction of sp³-hybridized carbons (Fsp3) is 0.179. The van der Waals surface area contributed by atoms with E-state index in [-0.39, 0.29) is 11.9 Å². The first-order valence-electron chi connectivity index (χ1n) is 11.4. The molecule has 3 aromatic carbocycles. The minimum Gasteiger partial charge on any atom is -0.496 e. The first-order valence-corrected chi connectivity index (χ1v) is 12.2. The van der Waals surface area contributed by atoms with Crippen molar-refractivity contribution in [2.24, 2.45) is 0 Å². The van der Waals surface area contributed by atoms with Gasteiger partial charge in [0, 0.05) is 6.54 Å². The van der Waals surface area contributed by atoms with E-state index in [1.54, 1.807) is 13.2 Å². The second-order valence-electron chi connectivity index (χ2n) is 7.93. The summed E-state index contributed by atoms with van der Waals surface area (Å²) in [6, 6.07) is 27.4. The van der Waals surface area contributed by atoms with Crippen LogP contribution in [0.25, 0.3) is 11.4 Å². The van der Waals surface area contributed by atoms with Gasteiger partial charge in [-0.1, -0.05) is 90.6 Å². The second-order valence-corrected chi connectivity index (χ2v) is 9.24. The highest BCUT2D eigenvalue weighted by Gasteiger charge is 2.24. The van der Waals surface area contributed by atoms with E-state index in [2.05, 4.69) is 22.1 Å². The van der Waals surface area contributed by atoms with Crippen LogP contribution in [0.2, 0.25) is 0 Å². The van der Waals surface area contributed by atoms with Crippen molar-refractivity contribution in [3.05, 3.63) is 109 Å². The molecule has 0 aliphatic carbocycles. The average molecular weight is 485 g/mol. The van der Waals surface area contributed by atoms with Crippen molar-refractivity contribution >= 4 is 17.7 Å². The number of hydrogen-bond acceptors (Lipinski definition) is 5. The summed E-state index contributed by atoms with van der Waals surface area (Å²) in [5.41, 5.74) is 2.89. The molecule has 1 atom stereocenters. The van der Waals surface area contributed by atoms with E-state index in [1.807, 2.05) is 96.4 Å². The Morgan fingerprint density at radius 1 is 1.00 bits per heavy atom. The van der Waals surface area contributed by atoms with Crippen molar-refractivity contribution in [3.63, 3.8) is 0 Å². The third-order valence-corrected chi connectivity index (χ3v) is 6.66. The lowest BCUT2D eigenvalue weighted by Gasteiger charge is -2.22. The summed E-state index contributed by atoms with van der Waals surface area (Å²) in [5, 5.41) is 12.3. The van der Waals surface area contributed by atoms with Crippen LogP contribution >= 0.6 is 11.8 Å². The Hall–Kier alpha value is -3.84. The number of carbonyl (C=O) groups excluding carboxylic acids is 1. The third kappa shape index (κ3) is 5.63. The molecular formula is C28H28N4O2S. The largest absolute Gasteiger partial charge is 0.496 e. The van der Waals surface area contributed by atoms with Crippen molar-refractivity contribution in [2.45, 2.75) is 29.9 Å². The molecule has 0 saturated heterocycles. The van der Waals surface area contributed by atoms with Crippen molar-refractivity contribution in [1.29, 1.82) is 0 Å². The van der Waals surface area contributed by atoms with Crippen LogP contribution < -0.4 is 10.1 Å². The Labute approximate surface area is 210 Å². The molecule has 4 rings (SSSR count). The Bertz CT molecular complexity index is 1240. The van der Waals surface area contributed by atoms with E-state index < -0.39 is 5.25 Å². The lowest BCUT2D eigenvalue weighted by Crippen LogP contribution is -2.35. The quantitative estimate of drug-likeness (QED) is 0.237. The molecule has 0 spiro atoms. The van der Waals surface area contributed by atoms with Gasteiger partial charge < -0.3 is 10.1 Å². The summed E-state index contributed by atoms with van der Waals surface area (Å²) in [6.45, 7) is 6.26. The number of allylic oxidation sites excluding steroid dienone is 1. The number of nitrogens with zero attached hydrogens (tertiary/aromatic N) is 3. The van der Waals surface area contributed by atoms with Gasteiger partial charge in [-0.2, -0.15) is 0 Å². The minimum absolute atomic E-state index is 0.0836. The van der Waals surface area contributed by atoms with Crippen LogP contribution in [-0.2, 0) is 11.3 Å². The van der Waals surface area contributed by atoms with E-state index in [1.165, 1.54) is 11.8 Å². The lowest BCUT2D eigenvalue weighted by atomic mass is 9.98. The van der Waals surface area contributed by atoms with Gasteiger partial charge in [0.15, 0.2) is 11.0 Å². The summed E-state index contributed by atoms with van der Waals surface area (Å²) < 4.78 is 7.46. The molecule has 0 aliphatic rings. The van der Waals surface area contributed by atoms with E-state index in [0.29, 0.717) is 23.3 Å². The zero-order chi connectivity index (χ0) is 24.6. The van der Waals surface area contributed by atoms with Crippen molar-refractivity contribution in [2.75, 3.05) is 7.11 Å². The standard InChI is InChI=1S/C28H28N4O2S/c1-4-19-32-26(23-17-11-12-18-24(23)34-3)30-31-28(32)35-20(2)27(33)29-25(21-13-7-5-8-14-21)22-15-9-6-10-16-22/h4-18,20,25H,1,19H2,2-3H3,(H,29,33). The molecule has 1 unspecified atom stereocenters. The molecule has 178 valence electrons. The van der Waals surface area contributed by atoms with Gasteiger partial charge in [-0.15, -0.1) is 16.8 Å². The summed E-state index contributed by atoms with van der Waals surface area (Å²) in [7, 11) is 1.63. The highest BCUT2D eigenvalue weighted by Crippen LogP contribution is 2.32. The van der Waals surface area contributed by atoms with Crippen LogP contribution in [-0.4, -0.2) is 33.0 Å². The topological polar surface area (TPSA) is 69.0 Å². The molecule has 6 nitrogen and oxygen atoms in total. The number of methoxy groups -OCH3 is 1. The molecule has 1 amide bonds. The zero-order valence-corrected chi connectivity index (χ0v) is 20.6. The molecule has 1 aromatic heterocycles. The van der Waals surface area contributed by atoms with Gasteiger partial charge in [0.1, 0.15) is 5.75 Å². The number of aromatic nitrogens is 3. The van der Waals surface area contributed by atoms with E-state index in [0.717, 1.165) is 16.7 Å². The van der Waals surface area contributed by atoms with Gasteiger partial charge in [0.2, 0.25) is 5.91 Å². The van der Waals surface area contributed by atoms with Gasteiger partial charge in [-0.05, 0) is 30.2 Å². The van der Waals surface area contributed by atoms with Crippen LogP contribution in [0.3, 0.4) is 0 Å². The molecule has 0 bridgehead atoms. The number of carbonyl (C=O) groups is 1. The number of ether oxygens (including phenoxy) is 1. The highest BCUT2D eigenvalue weighted by atomic mass is 32.2. The number of amides is 1. The Morgan fingerprint density at radius 2 is 1.60 bits per heavy atom. The van der Waals surface area contributed by atoms with E-state index in [4.69, 9.17) is 4.74 Å². The SMILES string of the molecule is C=CCn1c(SC(C)C(=O)NC(c2ccccc2)c2ccccc2)nnc1-c1ccccc1OC. The van der Waals surface area contributed by atoms with Crippen molar-refractivity contribution < 1.29 is 9.53 Å². The molecule has 1 N–H and O–H groups in total. The van der Waals surface area contributed by atoms with E-state index in [9.17, 15) is 4.79 Å². The Morgan fingerprint density at radius 3 is 2.20 bits per heavy atom. The summed E-state index contributed by atoms with van der Waals surface area (Å²) in [5.74, 6) is 1.30. The predicted octanol–water partition coefficient (Wildman–Crippen LogP) is 5.53. The van der Waals surface area contributed by atoms with Gasteiger partial charge in [-0.3, -0.25) is 9.36 Å². The van der Waals surface area contributed by atoms with Gasteiger partial charge in [-0.25, -0.2) is 0 Å². The molecular weight excluding hydrogens is 456 g/mol. The molecule has 0 saturated carbocycles. The molecule has 0 radical (unpaired) electrons. The first kappa shape index (κ1) is 24.3. The molecule has 7 heteroatoms.